The Hall–Kier alpha value is -1.13. The molecule has 0 saturated heterocycles. The molecule has 0 spiro atoms. The number of nitrogen functional groups attached to an aromatic ring is 1. The quantitative estimate of drug-likeness (QED) is 0.806. The normalized spacial score (nSPS) is 9.47. The van der Waals surface area contributed by atoms with Gasteiger partial charge in [0.25, 0.3) is 0 Å². The van der Waals surface area contributed by atoms with E-state index in [0.717, 1.165) is 27.0 Å². The lowest BCUT2D eigenvalue weighted by atomic mass is 10.1. The number of methoxy groups -OCH3 is 1. The fourth-order valence-corrected chi connectivity index (χ4v) is 1.92. The highest BCUT2D eigenvalue weighted by Gasteiger charge is 2.03. The van der Waals surface area contributed by atoms with E-state index in [1.54, 1.807) is 18.9 Å². The third-order valence-electron chi connectivity index (χ3n) is 2.40. The monoisotopic (exact) mass is 339 g/mol. The zero-order valence-corrected chi connectivity index (χ0v) is 13.7. The molecule has 0 aromatic heterocycles. The van der Waals surface area contributed by atoms with Crippen LogP contribution in [0.2, 0.25) is 0 Å². The molecule has 0 amide bonds. The van der Waals surface area contributed by atoms with E-state index in [0.29, 0.717) is 0 Å². The van der Waals surface area contributed by atoms with Crippen molar-refractivity contribution in [3.05, 3.63) is 46.9 Å². The van der Waals surface area contributed by atoms with E-state index in [2.05, 4.69) is 15.9 Å². The van der Waals surface area contributed by atoms with Crippen LogP contribution in [0.15, 0.2) is 46.9 Å². The Kier molecular flexibility index (Phi) is 6.81. The molecule has 2 N–H and O–H groups in total. The Morgan fingerprint density at radius 2 is 1.53 bits per heavy atom. The van der Waals surface area contributed by atoms with Gasteiger partial charge >= 0.3 is 0 Å². The van der Waals surface area contributed by atoms with E-state index < -0.39 is 0 Å². The highest BCUT2D eigenvalue weighted by atomic mass is 79.9. The smallest absolute Gasteiger partial charge is 0.133 e. The molecule has 102 valence electrons. The number of hydrogen-bond donors (Lipinski definition) is 1. The fourth-order valence-electron chi connectivity index (χ4n) is 1.51. The van der Waals surface area contributed by atoms with Gasteiger partial charge in [-0.25, -0.2) is 0 Å². The van der Waals surface area contributed by atoms with Crippen LogP contribution in [0.25, 0.3) is 11.1 Å². The van der Waals surface area contributed by atoms with Crippen molar-refractivity contribution in [1.29, 1.82) is 0 Å². The summed E-state index contributed by atoms with van der Waals surface area (Å²) in [4.78, 5) is 0. The summed E-state index contributed by atoms with van der Waals surface area (Å²) in [6, 6.07) is 13.8. The predicted octanol–water partition coefficient (Wildman–Crippen LogP) is 4.69. The third-order valence-corrected chi connectivity index (χ3v) is 3.05. The molecule has 2 aromatic rings. The van der Waals surface area contributed by atoms with Crippen molar-refractivity contribution >= 4 is 33.4 Å². The molecule has 0 saturated carbocycles. The standard InChI is InChI=1S/C13H12BrNO.C2H6S/c1-16-13-8-10(4-7-12(13)14)9-2-5-11(15)6-3-9;1-3-2/h2-8H,15H2,1H3;1-2H3. The molecule has 0 heterocycles. The second-order valence-electron chi connectivity index (χ2n) is 3.88. The summed E-state index contributed by atoms with van der Waals surface area (Å²) in [6.45, 7) is 0. The number of halogens is 1. The maximum Gasteiger partial charge on any atom is 0.133 e. The largest absolute Gasteiger partial charge is 0.496 e. The Balaban J connectivity index is 0.000000550. The predicted molar refractivity (Wildman–Crippen MR) is 90.0 cm³/mol. The minimum Gasteiger partial charge on any atom is -0.496 e. The van der Waals surface area contributed by atoms with Crippen molar-refractivity contribution in [2.75, 3.05) is 25.4 Å². The lowest BCUT2D eigenvalue weighted by Gasteiger charge is -2.07. The van der Waals surface area contributed by atoms with Crippen LogP contribution in [0, 0.1) is 0 Å². The summed E-state index contributed by atoms with van der Waals surface area (Å²) < 4.78 is 6.21. The zero-order chi connectivity index (χ0) is 14.3. The lowest BCUT2D eigenvalue weighted by molar-refractivity contribution is 0.412. The summed E-state index contributed by atoms with van der Waals surface area (Å²) in [5, 5.41) is 0. The molecule has 0 atom stereocenters. The SMILES string of the molecule is COc1cc(-c2ccc(N)cc2)ccc1Br.CSC. The van der Waals surface area contributed by atoms with E-state index in [-0.39, 0.29) is 0 Å². The van der Waals surface area contributed by atoms with E-state index in [4.69, 9.17) is 10.5 Å². The number of hydrogen-bond acceptors (Lipinski definition) is 3. The Morgan fingerprint density at radius 1 is 1.00 bits per heavy atom. The Labute approximate surface area is 127 Å². The molecule has 0 fully saturated rings. The van der Waals surface area contributed by atoms with E-state index in [9.17, 15) is 0 Å². The molecular weight excluding hydrogens is 322 g/mol. The second-order valence-corrected chi connectivity index (χ2v) is 5.55. The summed E-state index contributed by atoms with van der Waals surface area (Å²) in [6.07, 6.45) is 4.08. The number of benzene rings is 2. The number of ether oxygens (including phenoxy) is 1. The Morgan fingerprint density at radius 3 is 2.05 bits per heavy atom. The van der Waals surface area contributed by atoms with E-state index >= 15 is 0 Å². The van der Waals surface area contributed by atoms with Gasteiger partial charge in [-0.3, -0.25) is 0 Å². The van der Waals surface area contributed by atoms with Crippen LogP contribution in [0.3, 0.4) is 0 Å². The molecule has 0 radical (unpaired) electrons. The number of nitrogens with two attached hydrogens (primary N) is 1. The van der Waals surface area contributed by atoms with Gasteiger partial charge in [0.1, 0.15) is 5.75 Å². The van der Waals surface area contributed by atoms with Crippen molar-refractivity contribution in [3.8, 4) is 16.9 Å². The van der Waals surface area contributed by atoms with Crippen LogP contribution in [0.4, 0.5) is 5.69 Å². The second kappa shape index (κ2) is 8.12. The first kappa shape index (κ1) is 15.9. The third kappa shape index (κ3) is 4.80. The van der Waals surface area contributed by atoms with Crippen molar-refractivity contribution in [3.63, 3.8) is 0 Å². The number of rotatable bonds is 2. The van der Waals surface area contributed by atoms with Gasteiger partial charge in [0.2, 0.25) is 0 Å². The van der Waals surface area contributed by atoms with Gasteiger partial charge in [0.05, 0.1) is 11.6 Å². The lowest BCUT2D eigenvalue weighted by Crippen LogP contribution is -1.87. The van der Waals surface area contributed by atoms with Crippen molar-refractivity contribution in [2.45, 2.75) is 0 Å². The molecule has 0 aliphatic heterocycles. The zero-order valence-electron chi connectivity index (χ0n) is 11.3. The maximum atomic E-state index is 5.65. The number of thioether (sulfide) groups is 1. The molecule has 19 heavy (non-hydrogen) atoms. The van der Waals surface area contributed by atoms with Crippen LogP contribution >= 0.6 is 27.7 Å². The van der Waals surface area contributed by atoms with E-state index in [1.165, 1.54) is 0 Å². The summed E-state index contributed by atoms with van der Waals surface area (Å²) in [5.74, 6) is 0.828. The van der Waals surface area contributed by atoms with Crippen molar-refractivity contribution in [2.24, 2.45) is 0 Å². The molecule has 0 unspecified atom stereocenters. The summed E-state index contributed by atoms with van der Waals surface area (Å²) in [5.41, 5.74) is 8.66. The topological polar surface area (TPSA) is 35.2 Å². The fraction of sp³-hybridized carbons (Fsp3) is 0.200. The summed E-state index contributed by atoms with van der Waals surface area (Å²) >= 11 is 5.18. The first-order chi connectivity index (χ1) is 9.12. The van der Waals surface area contributed by atoms with Gasteiger partial charge in [-0.1, -0.05) is 18.2 Å². The minimum absolute atomic E-state index is 0.771. The number of anilines is 1. The minimum atomic E-state index is 0.771. The van der Waals surface area contributed by atoms with Gasteiger partial charge < -0.3 is 10.5 Å². The molecule has 2 rings (SSSR count). The van der Waals surface area contributed by atoms with Gasteiger partial charge in [0, 0.05) is 5.69 Å². The Bertz CT molecular complexity index is 514. The average molecular weight is 340 g/mol. The molecule has 2 nitrogen and oxygen atoms in total. The van der Waals surface area contributed by atoms with Gasteiger partial charge in [-0.15, -0.1) is 0 Å². The van der Waals surface area contributed by atoms with Crippen molar-refractivity contribution in [1.82, 2.24) is 0 Å². The maximum absolute atomic E-state index is 5.65. The first-order valence-electron chi connectivity index (χ1n) is 5.72. The first-order valence-corrected chi connectivity index (χ1v) is 8.14. The average Bonchev–Trinajstić information content (AvgIpc) is 2.41. The van der Waals surface area contributed by atoms with Crippen LogP contribution in [0.1, 0.15) is 0 Å². The van der Waals surface area contributed by atoms with Gasteiger partial charge in [-0.2, -0.15) is 11.8 Å². The van der Waals surface area contributed by atoms with Crippen LogP contribution < -0.4 is 10.5 Å². The van der Waals surface area contributed by atoms with Crippen LogP contribution in [-0.2, 0) is 0 Å². The molecule has 0 aliphatic carbocycles. The molecule has 0 aliphatic rings. The molecule has 2 aromatic carbocycles. The van der Waals surface area contributed by atoms with E-state index in [1.807, 2.05) is 55.0 Å². The summed E-state index contributed by atoms with van der Waals surface area (Å²) in [7, 11) is 1.66. The van der Waals surface area contributed by atoms with Gasteiger partial charge in [0.15, 0.2) is 0 Å². The van der Waals surface area contributed by atoms with Crippen LogP contribution in [0.5, 0.6) is 5.75 Å². The van der Waals surface area contributed by atoms with Crippen LogP contribution in [-0.4, -0.2) is 19.6 Å². The van der Waals surface area contributed by atoms with Crippen molar-refractivity contribution < 1.29 is 4.74 Å². The van der Waals surface area contributed by atoms with Gasteiger partial charge in [-0.05, 0) is 63.8 Å². The highest BCUT2D eigenvalue weighted by molar-refractivity contribution is 9.10. The molecular formula is C15H18BrNOS. The molecule has 0 bridgehead atoms. The molecule has 4 heteroatoms. The highest BCUT2D eigenvalue weighted by Crippen LogP contribution is 2.30.